The first kappa shape index (κ1) is 23.5. The molecule has 176 valence electrons. The smallest absolute Gasteiger partial charge is 0.261 e. The Labute approximate surface area is 201 Å². The van der Waals surface area contributed by atoms with Crippen LogP contribution in [0.4, 0.5) is 0 Å². The van der Waals surface area contributed by atoms with Gasteiger partial charge in [0.15, 0.2) is 16.4 Å². The summed E-state index contributed by atoms with van der Waals surface area (Å²) in [5.41, 5.74) is 0.750. The molecule has 0 saturated carbocycles. The number of fused-ring (bicyclic) bond motifs is 1. The zero-order valence-electron chi connectivity index (χ0n) is 18.7. The number of carbonyl (C=O) groups is 1. The van der Waals surface area contributed by atoms with Crippen molar-refractivity contribution in [1.29, 1.82) is 0 Å². The lowest BCUT2D eigenvalue weighted by Gasteiger charge is -2.16. The Morgan fingerprint density at radius 2 is 1.68 bits per heavy atom. The zero-order chi connectivity index (χ0) is 24.3. The van der Waals surface area contributed by atoms with Gasteiger partial charge < -0.3 is 19.5 Å². The van der Waals surface area contributed by atoms with Gasteiger partial charge in [-0.3, -0.25) is 9.78 Å². The topological polar surface area (TPSA) is 104 Å². The van der Waals surface area contributed by atoms with Crippen LogP contribution in [0.15, 0.2) is 70.7 Å². The van der Waals surface area contributed by atoms with E-state index in [9.17, 15) is 13.2 Å². The summed E-state index contributed by atoms with van der Waals surface area (Å²) < 4.78 is 43.6. The van der Waals surface area contributed by atoms with Gasteiger partial charge in [0.1, 0.15) is 5.75 Å². The minimum Gasteiger partial charge on any atom is -0.495 e. The lowest BCUT2D eigenvalue weighted by atomic mass is 10.2. The Hall–Kier alpha value is -3.63. The third kappa shape index (κ3) is 4.42. The summed E-state index contributed by atoms with van der Waals surface area (Å²) in [6.45, 7) is 0.247. The third-order valence-electron chi connectivity index (χ3n) is 5.19. The molecule has 0 spiro atoms. The molecule has 4 aromatic rings. The highest BCUT2D eigenvalue weighted by Gasteiger charge is 2.29. The predicted octanol–water partition coefficient (Wildman–Crippen LogP) is 4.08. The Balaban J connectivity index is 1.55. The average Bonchev–Trinajstić information content (AvgIpc) is 3.31. The Kier molecular flexibility index (Phi) is 6.71. The van der Waals surface area contributed by atoms with Gasteiger partial charge in [-0.2, -0.15) is 0 Å². The number of nitrogens with one attached hydrogen (secondary N) is 1. The minimum absolute atomic E-state index is 0.0597. The molecule has 0 aliphatic carbocycles. The number of benzene rings is 2. The van der Waals surface area contributed by atoms with Crippen molar-refractivity contribution in [2.75, 3.05) is 21.3 Å². The van der Waals surface area contributed by atoms with E-state index in [1.807, 2.05) is 12.1 Å². The summed E-state index contributed by atoms with van der Waals surface area (Å²) in [5.74, 6) is 0.284. The van der Waals surface area contributed by atoms with E-state index in [1.165, 1.54) is 50.9 Å². The van der Waals surface area contributed by atoms with Crippen LogP contribution in [0.25, 0.3) is 10.1 Å². The van der Waals surface area contributed by atoms with Crippen molar-refractivity contribution in [3.63, 3.8) is 0 Å². The van der Waals surface area contributed by atoms with Crippen LogP contribution in [0.1, 0.15) is 15.2 Å². The van der Waals surface area contributed by atoms with Gasteiger partial charge in [0.25, 0.3) is 5.91 Å². The van der Waals surface area contributed by atoms with Crippen molar-refractivity contribution < 1.29 is 27.4 Å². The van der Waals surface area contributed by atoms with E-state index in [-0.39, 0.29) is 39.5 Å². The average molecular weight is 499 g/mol. The van der Waals surface area contributed by atoms with Crippen molar-refractivity contribution in [3.05, 3.63) is 71.4 Å². The number of thiophene rings is 1. The van der Waals surface area contributed by atoms with Crippen molar-refractivity contribution in [2.24, 2.45) is 0 Å². The molecule has 2 heterocycles. The molecule has 0 radical (unpaired) electrons. The summed E-state index contributed by atoms with van der Waals surface area (Å²) in [4.78, 5) is 17.1. The van der Waals surface area contributed by atoms with Crippen molar-refractivity contribution in [2.45, 2.75) is 16.3 Å². The van der Waals surface area contributed by atoms with Gasteiger partial charge >= 0.3 is 0 Å². The second-order valence-electron chi connectivity index (χ2n) is 7.19. The number of methoxy groups -OCH3 is 3. The van der Waals surface area contributed by atoms with Gasteiger partial charge in [-0.25, -0.2) is 8.42 Å². The Bertz CT molecular complexity index is 1410. The van der Waals surface area contributed by atoms with E-state index < -0.39 is 9.84 Å². The van der Waals surface area contributed by atoms with Crippen molar-refractivity contribution in [3.8, 4) is 17.2 Å². The highest BCUT2D eigenvalue weighted by Crippen LogP contribution is 2.43. The van der Waals surface area contributed by atoms with Crippen LogP contribution in [0.2, 0.25) is 0 Å². The lowest BCUT2D eigenvalue weighted by Crippen LogP contribution is -2.21. The molecule has 0 aliphatic heterocycles. The molecule has 0 saturated heterocycles. The van der Waals surface area contributed by atoms with E-state index in [0.29, 0.717) is 4.88 Å². The molecule has 8 nitrogen and oxygen atoms in total. The fourth-order valence-corrected chi connectivity index (χ4v) is 5.99. The van der Waals surface area contributed by atoms with E-state index in [0.717, 1.165) is 15.6 Å². The second kappa shape index (κ2) is 9.70. The van der Waals surface area contributed by atoms with Gasteiger partial charge in [0, 0.05) is 18.9 Å². The fraction of sp³-hybridized carbons (Fsp3) is 0.167. The summed E-state index contributed by atoms with van der Waals surface area (Å²) in [6.07, 6.45) is 3.41. The molecule has 2 aromatic heterocycles. The highest BCUT2D eigenvalue weighted by molar-refractivity contribution is 7.91. The van der Waals surface area contributed by atoms with E-state index >= 15 is 0 Å². The van der Waals surface area contributed by atoms with Gasteiger partial charge in [0.2, 0.25) is 9.84 Å². The van der Waals surface area contributed by atoms with E-state index in [1.54, 1.807) is 30.6 Å². The first-order valence-electron chi connectivity index (χ1n) is 10.1. The monoisotopic (exact) mass is 498 g/mol. The van der Waals surface area contributed by atoms with Crippen LogP contribution in [0, 0.1) is 0 Å². The van der Waals surface area contributed by atoms with Crippen LogP contribution in [0.3, 0.4) is 0 Å². The Morgan fingerprint density at radius 1 is 0.971 bits per heavy atom. The molecule has 0 fully saturated rings. The van der Waals surface area contributed by atoms with Gasteiger partial charge in [-0.15, -0.1) is 11.3 Å². The molecule has 10 heteroatoms. The molecule has 0 atom stereocenters. The van der Waals surface area contributed by atoms with Crippen molar-refractivity contribution >= 4 is 37.2 Å². The fourth-order valence-electron chi connectivity index (χ4n) is 3.47. The molecular weight excluding hydrogens is 476 g/mol. The second-order valence-corrected chi connectivity index (χ2v) is 10.2. The molecule has 1 amide bonds. The van der Waals surface area contributed by atoms with Crippen molar-refractivity contribution in [1.82, 2.24) is 10.3 Å². The van der Waals surface area contributed by atoms with Gasteiger partial charge in [0.05, 0.1) is 35.8 Å². The number of carbonyl (C=O) groups excluding carboxylic acids is 1. The number of amides is 1. The number of rotatable bonds is 8. The molecular formula is C24H22N2O6S2. The van der Waals surface area contributed by atoms with E-state index in [2.05, 4.69) is 10.3 Å². The number of hydrogen-bond donors (Lipinski definition) is 1. The molecule has 0 aliphatic rings. The molecule has 0 bridgehead atoms. The van der Waals surface area contributed by atoms with Crippen LogP contribution in [-0.4, -0.2) is 40.6 Å². The normalized spacial score (nSPS) is 11.3. The summed E-state index contributed by atoms with van der Waals surface area (Å²) in [6, 6.07) is 13.1. The van der Waals surface area contributed by atoms with Crippen LogP contribution >= 0.6 is 11.3 Å². The minimum atomic E-state index is -3.98. The maximum absolute atomic E-state index is 13.4. The van der Waals surface area contributed by atoms with Gasteiger partial charge in [-0.1, -0.05) is 12.1 Å². The number of hydrogen-bond acceptors (Lipinski definition) is 8. The number of sulfone groups is 1. The highest BCUT2D eigenvalue weighted by atomic mass is 32.2. The number of aromatic nitrogens is 1. The molecule has 34 heavy (non-hydrogen) atoms. The molecule has 2 aromatic carbocycles. The quantitative estimate of drug-likeness (QED) is 0.390. The van der Waals surface area contributed by atoms with Crippen LogP contribution in [-0.2, 0) is 16.4 Å². The first-order chi connectivity index (χ1) is 16.4. The SMILES string of the molecule is COc1ccc(OC)c(S(=O)(=O)c2ccc(CNC(=O)c3cc4ccncc4s3)cc2)c1OC. The largest absolute Gasteiger partial charge is 0.495 e. The maximum atomic E-state index is 13.4. The summed E-state index contributed by atoms with van der Waals surface area (Å²) in [7, 11) is 0.204. The van der Waals surface area contributed by atoms with Gasteiger partial charge in [-0.05, 0) is 47.3 Å². The number of pyridine rings is 1. The first-order valence-corrected chi connectivity index (χ1v) is 12.4. The summed E-state index contributed by atoms with van der Waals surface area (Å²) >= 11 is 1.37. The molecule has 4 rings (SSSR count). The maximum Gasteiger partial charge on any atom is 0.261 e. The van der Waals surface area contributed by atoms with E-state index in [4.69, 9.17) is 14.2 Å². The predicted molar refractivity (Wildman–Crippen MR) is 129 cm³/mol. The lowest BCUT2D eigenvalue weighted by molar-refractivity contribution is 0.0955. The zero-order valence-corrected chi connectivity index (χ0v) is 20.3. The third-order valence-corrected chi connectivity index (χ3v) is 8.09. The molecule has 1 N–H and O–H groups in total. The number of ether oxygens (including phenoxy) is 3. The number of nitrogens with zero attached hydrogens (tertiary/aromatic N) is 1. The van der Waals surface area contributed by atoms with Crippen LogP contribution < -0.4 is 19.5 Å². The molecule has 0 unspecified atom stereocenters. The standard InChI is InChI=1S/C24H22N2O6S2/c1-30-18-8-9-19(31-2)23(22(18)32-3)34(28,29)17-6-4-15(5-7-17)13-26-24(27)20-12-16-10-11-25-14-21(16)33-20/h4-12,14H,13H2,1-3H3,(H,26,27). The summed E-state index contributed by atoms with van der Waals surface area (Å²) in [5, 5.41) is 3.82. The Morgan fingerprint density at radius 3 is 2.32 bits per heavy atom. The van der Waals surface area contributed by atoms with Crippen LogP contribution in [0.5, 0.6) is 17.2 Å².